The Balaban J connectivity index is 0.000000160. The minimum absolute atomic E-state index is 0.265. The van der Waals surface area contributed by atoms with Gasteiger partial charge in [-0.1, -0.05) is 115 Å². The Bertz CT molecular complexity index is 1010. The van der Waals surface area contributed by atoms with Crippen molar-refractivity contribution in [2.45, 2.75) is 51.4 Å². The van der Waals surface area contributed by atoms with Crippen molar-refractivity contribution in [1.82, 2.24) is 0 Å². The number of hydrogen-bond donors (Lipinski definition) is 1. The van der Waals surface area contributed by atoms with Gasteiger partial charge in [0, 0.05) is 16.8 Å². The van der Waals surface area contributed by atoms with Crippen molar-refractivity contribution < 1.29 is 0 Å². The van der Waals surface area contributed by atoms with Gasteiger partial charge in [0.1, 0.15) is 0 Å². The zero-order valence-electron chi connectivity index (χ0n) is 19.9. The minimum atomic E-state index is 0.265. The van der Waals surface area contributed by atoms with E-state index in [9.17, 15) is 0 Å². The zero-order chi connectivity index (χ0) is 22.9. The van der Waals surface area contributed by atoms with Gasteiger partial charge < -0.3 is 5.32 Å². The Labute approximate surface area is 199 Å². The van der Waals surface area contributed by atoms with Crippen LogP contribution in [-0.2, 0) is 5.41 Å². The summed E-state index contributed by atoms with van der Waals surface area (Å²) in [6.45, 7) is 4.19. The second-order valence-corrected chi connectivity index (χ2v) is 9.23. The van der Waals surface area contributed by atoms with Gasteiger partial charge in [-0.05, 0) is 62.1 Å². The molecule has 1 saturated carbocycles. The Hall–Kier alpha value is -3.32. The Morgan fingerprint density at radius 1 is 0.485 bits per heavy atom. The largest absolute Gasteiger partial charge is 0.356 e. The summed E-state index contributed by atoms with van der Waals surface area (Å²) in [7, 11) is 0. The first-order chi connectivity index (χ1) is 16.2. The average Bonchev–Trinajstić information content (AvgIpc) is 2.89. The highest BCUT2D eigenvalue weighted by Crippen LogP contribution is 2.44. The van der Waals surface area contributed by atoms with E-state index in [0.717, 1.165) is 11.4 Å². The molecular weight excluding hydrogens is 398 g/mol. The fraction of sp³-hybridized carbons (Fsp3) is 0.250. The van der Waals surface area contributed by atoms with Gasteiger partial charge in [-0.15, -0.1) is 0 Å². The maximum absolute atomic E-state index is 3.36. The fourth-order valence-electron chi connectivity index (χ4n) is 4.85. The molecule has 0 radical (unpaired) electrons. The summed E-state index contributed by atoms with van der Waals surface area (Å²) < 4.78 is 0. The standard InChI is InChI=1S/C18H20.C14H15N/c1-4-10-16(11-5-1)18(14-8-3-9-15-18)17-12-6-2-7-13-17;1-11-3-7-13(8-4-11)15-14-9-5-12(2)6-10-14/h1-2,4-7,10-13H,3,8-9,14-15H2;3-10,15H,1-2H3. The molecule has 0 aromatic heterocycles. The van der Waals surface area contributed by atoms with Crippen LogP contribution in [0, 0.1) is 13.8 Å². The van der Waals surface area contributed by atoms with E-state index in [2.05, 4.69) is 128 Å². The lowest BCUT2D eigenvalue weighted by Crippen LogP contribution is -2.30. The van der Waals surface area contributed by atoms with Gasteiger partial charge in [-0.2, -0.15) is 0 Å². The second-order valence-electron chi connectivity index (χ2n) is 9.23. The highest BCUT2D eigenvalue weighted by atomic mass is 14.9. The Kier molecular flexibility index (Phi) is 7.62. The van der Waals surface area contributed by atoms with Crippen molar-refractivity contribution in [1.29, 1.82) is 0 Å². The van der Waals surface area contributed by atoms with E-state index in [1.54, 1.807) is 0 Å². The SMILES string of the molecule is Cc1ccc(Nc2ccc(C)cc2)cc1.c1ccc(C2(c3ccccc3)CCCCC2)cc1. The lowest BCUT2D eigenvalue weighted by molar-refractivity contribution is 0.346. The van der Waals surface area contributed by atoms with Gasteiger partial charge in [0.2, 0.25) is 0 Å². The van der Waals surface area contributed by atoms with E-state index >= 15 is 0 Å². The molecule has 1 nitrogen and oxygen atoms in total. The molecule has 0 amide bonds. The Morgan fingerprint density at radius 2 is 0.879 bits per heavy atom. The normalized spacial score (nSPS) is 14.6. The maximum atomic E-state index is 3.36. The summed E-state index contributed by atoms with van der Waals surface area (Å²) in [5.74, 6) is 0. The predicted octanol–water partition coefficient (Wildman–Crippen LogP) is 8.98. The van der Waals surface area contributed by atoms with Gasteiger partial charge in [-0.25, -0.2) is 0 Å². The van der Waals surface area contributed by atoms with Gasteiger partial charge in [0.05, 0.1) is 0 Å². The molecule has 4 aromatic carbocycles. The summed E-state index contributed by atoms with van der Waals surface area (Å²) in [6.07, 6.45) is 6.68. The second kappa shape index (κ2) is 11.0. The molecule has 168 valence electrons. The minimum Gasteiger partial charge on any atom is -0.356 e. The molecule has 1 fully saturated rings. The monoisotopic (exact) mass is 433 g/mol. The molecule has 1 aliphatic carbocycles. The number of anilines is 2. The molecule has 1 N–H and O–H groups in total. The smallest absolute Gasteiger partial charge is 0.0384 e. The van der Waals surface area contributed by atoms with Crippen LogP contribution in [0.3, 0.4) is 0 Å². The van der Waals surface area contributed by atoms with Crippen LogP contribution in [0.4, 0.5) is 11.4 Å². The van der Waals surface area contributed by atoms with Crippen LogP contribution in [0.1, 0.15) is 54.4 Å². The van der Waals surface area contributed by atoms with Crippen LogP contribution < -0.4 is 5.32 Å². The molecule has 1 aliphatic rings. The molecule has 0 saturated heterocycles. The van der Waals surface area contributed by atoms with Crippen LogP contribution in [0.25, 0.3) is 0 Å². The van der Waals surface area contributed by atoms with Gasteiger partial charge in [-0.3, -0.25) is 0 Å². The average molecular weight is 434 g/mol. The van der Waals surface area contributed by atoms with Crippen LogP contribution >= 0.6 is 0 Å². The molecule has 1 heteroatoms. The van der Waals surface area contributed by atoms with E-state index in [0.29, 0.717) is 0 Å². The van der Waals surface area contributed by atoms with Crippen LogP contribution in [0.5, 0.6) is 0 Å². The number of benzene rings is 4. The molecule has 33 heavy (non-hydrogen) atoms. The lowest BCUT2D eigenvalue weighted by atomic mass is 9.65. The first kappa shape index (κ1) is 22.9. The number of hydrogen-bond acceptors (Lipinski definition) is 1. The van der Waals surface area contributed by atoms with Crippen molar-refractivity contribution in [3.8, 4) is 0 Å². The lowest BCUT2D eigenvalue weighted by Gasteiger charge is -2.38. The number of nitrogens with one attached hydrogen (secondary N) is 1. The maximum Gasteiger partial charge on any atom is 0.0384 e. The molecule has 0 atom stereocenters. The van der Waals surface area contributed by atoms with E-state index < -0.39 is 0 Å². The van der Waals surface area contributed by atoms with Crippen LogP contribution in [0.2, 0.25) is 0 Å². The number of rotatable bonds is 4. The van der Waals surface area contributed by atoms with Crippen molar-refractivity contribution in [3.05, 3.63) is 131 Å². The van der Waals surface area contributed by atoms with E-state index in [1.165, 1.54) is 54.4 Å². The topological polar surface area (TPSA) is 12.0 Å². The molecular formula is C32H35N. The van der Waals surface area contributed by atoms with Gasteiger partial charge in [0.15, 0.2) is 0 Å². The molecule has 0 unspecified atom stereocenters. The molecule has 4 aromatic rings. The third kappa shape index (κ3) is 5.93. The summed E-state index contributed by atoms with van der Waals surface area (Å²) in [5.41, 5.74) is 8.08. The first-order valence-corrected chi connectivity index (χ1v) is 12.2. The van der Waals surface area contributed by atoms with E-state index in [1.807, 2.05) is 0 Å². The van der Waals surface area contributed by atoms with Crippen molar-refractivity contribution in [2.24, 2.45) is 0 Å². The van der Waals surface area contributed by atoms with Gasteiger partial charge >= 0.3 is 0 Å². The summed E-state index contributed by atoms with van der Waals surface area (Å²) >= 11 is 0. The number of aryl methyl sites for hydroxylation is 2. The van der Waals surface area contributed by atoms with Crippen molar-refractivity contribution in [3.63, 3.8) is 0 Å². The van der Waals surface area contributed by atoms with Crippen molar-refractivity contribution in [2.75, 3.05) is 5.32 Å². The fourth-order valence-corrected chi connectivity index (χ4v) is 4.85. The van der Waals surface area contributed by atoms with Crippen LogP contribution in [0.15, 0.2) is 109 Å². The van der Waals surface area contributed by atoms with Gasteiger partial charge in [0.25, 0.3) is 0 Å². The predicted molar refractivity (Wildman–Crippen MR) is 142 cm³/mol. The first-order valence-electron chi connectivity index (χ1n) is 12.2. The molecule has 5 rings (SSSR count). The van der Waals surface area contributed by atoms with Crippen molar-refractivity contribution >= 4 is 11.4 Å². The Morgan fingerprint density at radius 3 is 1.27 bits per heavy atom. The summed E-state index contributed by atoms with van der Waals surface area (Å²) in [4.78, 5) is 0. The third-order valence-corrected chi connectivity index (χ3v) is 6.75. The highest BCUT2D eigenvalue weighted by molar-refractivity contribution is 5.59. The summed E-state index contributed by atoms with van der Waals surface area (Å²) in [5, 5.41) is 3.36. The molecule has 0 aliphatic heterocycles. The van der Waals surface area contributed by atoms with E-state index in [4.69, 9.17) is 0 Å². The molecule has 0 spiro atoms. The molecule has 0 heterocycles. The third-order valence-electron chi connectivity index (χ3n) is 6.75. The quantitative estimate of drug-likeness (QED) is 0.338. The summed E-state index contributed by atoms with van der Waals surface area (Å²) in [6, 6.07) is 38.9. The zero-order valence-corrected chi connectivity index (χ0v) is 19.9. The van der Waals surface area contributed by atoms with E-state index in [-0.39, 0.29) is 5.41 Å². The van der Waals surface area contributed by atoms with Crippen LogP contribution in [-0.4, -0.2) is 0 Å². The highest BCUT2D eigenvalue weighted by Gasteiger charge is 2.35. The molecule has 0 bridgehead atoms.